The monoisotopic (exact) mass is 1110 g/mol. The summed E-state index contributed by atoms with van der Waals surface area (Å²) in [5.41, 5.74) is 0. The van der Waals surface area contributed by atoms with Crippen molar-refractivity contribution in [1.82, 2.24) is 0 Å². The van der Waals surface area contributed by atoms with Crippen LogP contribution in [0.15, 0.2) is 12.2 Å². The van der Waals surface area contributed by atoms with Gasteiger partial charge in [-0.2, -0.15) is 0 Å². The molecule has 0 aromatic rings. The van der Waals surface area contributed by atoms with Crippen LogP contribution in [0.3, 0.4) is 0 Å². The van der Waals surface area contributed by atoms with E-state index in [0.717, 1.165) is 57.8 Å². The minimum atomic E-state index is -0.766. The van der Waals surface area contributed by atoms with Crippen molar-refractivity contribution < 1.29 is 28.6 Å². The highest BCUT2D eigenvalue weighted by molar-refractivity contribution is 5.71. The molecule has 0 radical (unpaired) electrons. The number of carbonyl (C=O) groups excluding carboxylic acids is 3. The minimum absolute atomic E-state index is 0.0622. The second-order valence-electron chi connectivity index (χ2n) is 24.9. The maximum atomic E-state index is 13.0. The number of hydrogen-bond acceptors (Lipinski definition) is 6. The summed E-state index contributed by atoms with van der Waals surface area (Å²) >= 11 is 0. The highest BCUT2D eigenvalue weighted by atomic mass is 16.6. The Kier molecular flexibility index (Phi) is 67.0. The van der Waals surface area contributed by atoms with Crippen LogP contribution in [0.4, 0.5) is 0 Å². The van der Waals surface area contributed by atoms with E-state index in [2.05, 4.69) is 32.9 Å². The molecule has 0 aromatic carbocycles. The van der Waals surface area contributed by atoms with Crippen molar-refractivity contribution in [2.24, 2.45) is 0 Å². The molecule has 0 aliphatic heterocycles. The van der Waals surface area contributed by atoms with Crippen LogP contribution in [0.1, 0.15) is 419 Å². The zero-order valence-corrected chi connectivity index (χ0v) is 53.9. The lowest BCUT2D eigenvalue weighted by Gasteiger charge is -2.18. The number of unbranched alkanes of at least 4 members (excludes halogenated alkanes) is 55. The quantitative estimate of drug-likeness (QED) is 0.0261. The SMILES string of the molecule is CCCCCCCCCC/C=C\CCCCCCCCCCCCCCCC(=O)OCC(COC(=O)CCCCCCCCCCCCCCCCCC)OC(=O)CCCCCCCCCCCCCCCCCCCCCC. The van der Waals surface area contributed by atoms with E-state index in [4.69, 9.17) is 14.2 Å². The Labute approximate surface area is 494 Å². The third kappa shape index (κ3) is 66.8. The van der Waals surface area contributed by atoms with Gasteiger partial charge in [0.25, 0.3) is 0 Å². The zero-order valence-electron chi connectivity index (χ0n) is 53.9. The van der Waals surface area contributed by atoms with E-state index in [-0.39, 0.29) is 31.1 Å². The third-order valence-corrected chi connectivity index (χ3v) is 16.8. The number of rotatable bonds is 68. The molecule has 0 fully saturated rings. The molecule has 0 saturated carbocycles. The van der Waals surface area contributed by atoms with Gasteiger partial charge in [-0.1, -0.05) is 367 Å². The molecule has 1 atom stereocenters. The normalized spacial score (nSPS) is 12.0. The number of allylic oxidation sites excluding steroid dienone is 2. The van der Waals surface area contributed by atoms with Gasteiger partial charge in [-0.25, -0.2) is 0 Å². The Morgan fingerprint density at radius 1 is 0.241 bits per heavy atom. The molecule has 6 nitrogen and oxygen atoms in total. The van der Waals surface area contributed by atoms with Gasteiger partial charge in [0, 0.05) is 19.3 Å². The fourth-order valence-electron chi connectivity index (χ4n) is 11.3. The smallest absolute Gasteiger partial charge is 0.306 e. The molecule has 0 bridgehead atoms. The molecule has 0 aliphatic rings. The van der Waals surface area contributed by atoms with Gasteiger partial charge in [-0.05, 0) is 44.9 Å². The molecule has 468 valence electrons. The zero-order chi connectivity index (χ0) is 57.1. The Balaban J connectivity index is 4.24. The van der Waals surface area contributed by atoms with Crippen LogP contribution >= 0.6 is 0 Å². The fourth-order valence-corrected chi connectivity index (χ4v) is 11.3. The van der Waals surface area contributed by atoms with Crippen LogP contribution in [0.2, 0.25) is 0 Å². The van der Waals surface area contributed by atoms with Crippen molar-refractivity contribution in [3.63, 3.8) is 0 Å². The number of carbonyl (C=O) groups is 3. The molecule has 0 N–H and O–H groups in total. The highest BCUT2D eigenvalue weighted by Crippen LogP contribution is 2.19. The lowest BCUT2D eigenvalue weighted by Crippen LogP contribution is -2.30. The Morgan fingerprint density at radius 2 is 0.418 bits per heavy atom. The van der Waals surface area contributed by atoms with Crippen LogP contribution in [0.5, 0.6) is 0 Å². The second kappa shape index (κ2) is 68.6. The van der Waals surface area contributed by atoms with E-state index in [1.807, 2.05) is 0 Å². The van der Waals surface area contributed by atoms with Crippen molar-refractivity contribution in [2.75, 3.05) is 13.2 Å². The Bertz CT molecular complexity index is 1230. The topological polar surface area (TPSA) is 78.9 Å². The summed E-state index contributed by atoms with van der Waals surface area (Å²) in [6, 6.07) is 0. The summed E-state index contributed by atoms with van der Waals surface area (Å²) in [4.78, 5) is 38.5. The molecule has 0 heterocycles. The summed E-state index contributed by atoms with van der Waals surface area (Å²) in [5, 5.41) is 0. The summed E-state index contributed by atoms with van der Waals surface area (Å²) in [7, 11) is 0. The van der Waals surface area contributed by atoms with Gasteiger partial charge in [0.05, 0.1) is 0 Å². The van der Waals surface area contributed by atoms with Gasteiger partial charge in [0.1, 0.15) is 13.2 Å². The van der Waals surface area contributed by atoms with Crippen molar-refractivity contribution in [1.29, 1.82) is 0 Å². The summed E-state index contributed by atoms with van der Waals surface area (Å²) < 4.78 is 17.0. The average molecular weight is 1110 g/mol. The van der Waals surface area contributed by atoms with E-state index in [9.17, 15) is 14.4 Å². The lowest BCUT2D eigenvalue weighted by molar-refractivity contribution is -0.167. The van der Waals surface area contributed by atoms with Crippen LogP contribution in [0.25, 0.3) is 0 Å². The maximum Gasteiger partial charge on any atom is 0.306 e. The standard InChI is InChI=1S/C73H140O6/c1-4-7-10-13-16-19-22-25-28-31-33-35-36-37-38-39-41-42-45-48-51-54-57-60-63-66-72(75)78-69-70(68-77-71(74)65-62-59-56-53-50-47-44-30-27-24-21-18-15-12-9-6-3)79-73(76)67-64-61-58-55-52-49-46-43-40-34-32-29-26-23-20-17-14-11-8-5-2/h31,33,70H,4-30,32,34-69H2,1-3H3/b33-31-. The summed E-state index contributed by atoms with van der Waals surface area (Å²) in [5.74, 6) is -0.823. The molecule has 0 saturated heterocycles. The fraction of sp³-hybridized carbons (Fsp3) is 0.932. The molecule has 0 spiro atoms. The van der Waals surface area contributed by atoms with E-state index < -0.39 is 6.10 Å². The molecular formula is C73H140O6. The molecule has 79 heavy (non-hydrogen) atoms. The number of ether oxygens (including phenoxy) is 3. The first-order chi connectivity index (χ1) is 39.0. The van der Waals surface area contributed by atoms with Gasteiger partial charge in [-0.3, -0.25) is 14.4 Å². The number of hydrogen-bond donors (Lipinski definition) is 0. The first-order valence-electron chi connectivity index (χ1n) is 36.2. The predicted molar refractivity (Wildman–Crippen MR) is 344 cm³/mol. The minimum Gasteiger partial charge on any atom is -0.462 e. The molecule has 0 aromatic heterocycles. The number of esters is 3. The van der Waals surface area contributed by atoms with Crippen molar-refractivity contribution in [3.05, 3.63) is 12.2 Å². The summed E-state index contributed by atoms with van der Waals surface area (Å²) in [6.45, 7) is 6.74. The van der Waals surface area contributed by atoms with Crippen LogP contribution in [-0.4, -0.2) is 37.2 Å². The second-order valence-corrected chi connectivity index (χ2v) is 24.9. The molecule has 0 aliphatic carbocycles. The molecule has 0 rings (SSSR count). The molecule has 6 heteroatoms. The van der Waals surface area contributed by atoms with Crippen molar-refractivity contribution in [2.45, 2.75) is 425 Å². The highest BCUT2D eigenvalue weighted by Gasteiger charge is 2.20. The summed E-state index contributed by atoms with van der Waals surface area (Å²) in [6.07, 6.45) is 82.4. The molecular weight excluding hydrogens is 973 g/mol. The first-order valence-corrected chi connectivity index (χ1v) is 36.2. The lowest BCUT2D eigenvalue weighted by atomic mass is 10.0. The first kappa shape index (κ1) is 77.2. The van der Waals surface area contributed by atoms with Crippen molar-refractivity contribution >= 4 is 17.9 Å². The Hall–Kier alpha value is -1.85. The third-order valence-electron chi connectivity index (χ3n) is 16.8. The van der Waals surface area contributed by atoms with E-state index in [1.54, 1.807) is 0 Å². The van der Waals surface area contributed by atoms with E-state index in [0.29, 0.717) is 19.3 Å². The Morgan fingerprint density at radius 3 is 0.633 bits per heavy atom. The van der Waals surface area contributed by atoms with E-state index in [1.165, 1.54) is 321 Å². The average Bonchev–Trinajstić information content (AvgIpc) is 3.45. The van der Waals surface area contributed by atoms with Crippen LogP contribution in [-0.2, 0) is 28.6 Å². The maximum absolute atomic E-state index is 13.0. The van der Waals surface area contributed by atoms with Gasteiger partial charge in [0.2, 0.25) is 0 Å². The predicted octanol–water partition coefficient (Wildman–Crippen LogP) is 24.8. The molecule has 0 amide bonds. The van der Waals surface area contributed by atoms with Crippen LogP contribution in [0, 0.1) is 0 Å². The van der Waals surface area contributed by atoms with Crippen LogP contribution < -0.4 is 0 Å². The van der Waals surface area contributed by atoms with Gasteiger partial charge >= 0.3 is 17.9 Å². The van der Waals surface area contributed by atoms with E-state index >= 15 is 0 Å². The van der Waals surface area contributed by atoms with Crippen molar-refractivity contribution in [3.8, 4) is 0 Å². The molecule has 1 unspecified atom stereocenters. The van der Waals surface area contributed by atoms with Gasteiger partial charge < -0.3 is 14.2 Å². The largest absolute Gasteiger partial charge is 0.462 e. The van der Waals surface area contributed by atoms with Gasteiger partial charge in [-0.15, -0.1) is 0 Å². The van der Waals surface area contributed by atoms with Gasteiger partial charge in [0.15, 0.2) is 6.10 Å².